The molecule has 2 nitrogen and oxygen atoms in total. The van der Waals surface area contributed by atoms with E-state index in [1.165, 1.54) is 27.3 Å². The lowest BCUT2D eigenvalue weighted by molar-refractivity contribution is -0.705. The molecule has 29 heavy (non-hydrogen) atoms. The number of hydrogen-bond acceptors (Lipinski definition) is 2. The Morgan fingerprint density at radius 1 is 0.621 bits per heavy atom. The van der Waals surface area contributed by atoms with Gasteiger partial charge in [0.15, 0.2) is 0 Å². The molecule has 4 heteroatoms. The van der Waals surface area contributed by atoms with Crippen LogP contribution in [0.3, 0.4) is 0 Å². The van der Waals surface area contributed by atoms with Gasteiger partial charge < -0.3 is 17.0 Å². The van der Waals surface area contributed by atoms with Crippen LogP contribution in [0.5, 0.6) is 0 Å². The van der Waals surface area contributed by atoms with Gasteiger partial charge in [0.05, 0.1) is 5.75 Å². The van der Waals surface area contributed by atoms with Gasteiger partial charge in [-0.15, -0.1) is 0 Å². The minimum atomic E-state index is 0. The van der Waals surface area contributed by atoms with Crippen LogP contribution in [-0.4, -0.2) is 11.5 Å². The first-order valence-electron chi connectivity index (χ1n) is 9.35. The molecule has 0 atom stereocenters. The van der Waals surface area contributed by atoms with Gasteiger partial charge in [-0.05, 0) is 39.7 Å². The highest BCUT2D eigenvalue weighted by molar-refractivity contribution is 7.99. The average molecular weight is 459 g/mol. The normalized spacial score (nSPS) is 12.5. The monoisotopic (exact) mass is 458 g/mol. The molecule has 5 rings (SSSR count). The minimum absolute atomic E-state index is 0. The van der Waals surface area contributed by atoms with E-state index in [9.17, 15) is 0 Å². The molecular weight excluding hydrogens is 440 g/mol. The van der Waals surface area contributed by atoms with Crippen molar-refractivity contribution in [3.8, 4) is 22.4 Å². The summed E-state index contributed by atoms with van der Waals surface area (Å²) >= 11 is 1.84. The smallest absolute Gasteiger partial charge is 0.273 e. The maximum Gasteiger partial charge on any atom is 0.273 e. The first-order chi connectivity index (χ1) is 13.9. The van der Waals surface area contributed by atoms with Crippen molar-refractivity contribution in [2.45, 2.75) is 5.03 Å². The van der Waals surface area contributed by atoms with E-state index in [4.69, 9.17) is 5.10 Å². The number of halogens is 1. The molecule has 0 spiro atoms. The fourth-order valence-corrected chi connectivity index (χ4v) is 4.42. The molecule has 0 N–H and O–H groups in total. The summed E-state index contributed by atoms with van der Waals surface area (Å²) in [7, 11) is 0. The van der Waals surface area contributed by atoms with Crippen LogP contribution in [0.1, 0.15) is 5.56 Å². The standard InChI is InChI=1S/C25H19N2S.BrH/c1-4-10-19(11-5-1)22-16-24(21-14-8-3-9-15-21)27-25(17-22)28-18-23(26-27)20-12-6-2-7-13-20;/h1-17H,18H2;1H/q+1;/p-1. The third-order valence-electron chi connectivity index (χ3n) is 4.87. The summed E-state index contributed by atoms with van der Waals surface area (Å²) in [6.07, 6.45) is 0. The van der Waals surface area contributed by atoms with Gasteiger partial charge >= 0.3 is 0 Å². The first-order valence-corrected chi connectivity index (χ1v) is 10.3. The lowest BCUT2D eigenvalue weighted by Gasteiger charge is -2.13. The highest BCUT2D eigenvalue weighted by Crippen LogP contribution is 2.30. The molecule has 142 valence electrons. The summed E-state index contributed by atoms with van der Waals surface area (Å²) in [5, 5.41) is 6.21. The van der Waals surface area contributed by atoms with Gasteiger partial charge in [-0.1, -0.05) is 78.9 Å². The zero-order valence-electron chi connectivity index (χ0n) is 15.7. The second kappa shape index (κ2) is 8.76. The molecule has 0 saturated carbocycles. The number of thioether (sulfide) groups is 1. The Morgan fingerprint density at radius 3 is 1.79 bits per heavy atom. The van der Waals surface area contributed by atoms with Crippen LogP contribution in [0.2, 0.25) is 0 Å². The second-order valence-corrected chi connectivity index (χ2v) is 7.71. The molecule has 0 radical (unpaired) electrons. The maximum atomic E-state index is 5.04. The van der Waals surface area contributed by atoms with Gasteiger partial charge in [0, 0.05) is 28.4 Å². The minimum Gasteiger partial charge on any atom is -1.00 e. The van der Waals surface area contributed by atoms with Gasteiger partial charge in [0.25, 0.3) is 5.03 Å². The zero-order chi connectivity index (χ0) is 18.8. The topological polar surface area (TPSA) is 16.2 Å². The Labute approximate surface area is 185 Å². The second-order valence-electron chi connectivity index (χ2n) is 6.71. The summed E-state index contributed by atoms with van der Waals surface area (Å²) in [5.41, 5.74) is 7.00. The van der Waals surface area contributed by atoms with Crippen LogP contribution in [0, 0.1) is 0 Å². The summed E-state index contributed by atoms with van der Waals surface area (Å²) < 4.78 is 2.10. The van der Waals surface area contributed by atoms with Crippen LogP contribution in [0.25, 0.3) is 22.4 Å². The van der Waals surface area contributed by atoms with E-state index >= 15 is 0 Å². The van der Waals surface area contributed by atoms with Crippen molar-refractivity contribution in [1.82, 2.24) is 0 Å². The summed E-state index contributed by atoms with van der Waals surface area (Å²) in [6.45, 7) is 0. The number of fused-ring (bicyclic) bond motifs is 1. The summed E-state index contributed by atoms with van der Waals surface area (Å²) in [5.74, 6) is 0.872. The fourth-order valence-electron chi connectivity index (χ4n) is 3.44. The zero-order valence-corrected chi connectivity index (χ0v) is 18.1. The van der Waals surface area contributed by atoms with Crippen molar-refractivity contribution in [2.75, 3.05) is 5.75 Å². The molecular formula is C25H19BrN2S. The molecule has 1 aliphatic rings. The summed E-state index contributed by atoms with van der Waals surface area (Å²) in [4.78, 5) is 0. The van der Waals surface area contributed by atoms with Crippen LogP contribution < -0.4 is 21.7 Å². The highest BCUT2D eigenvalue weighted by Gasteiger charge is 2.27. The predicted octanol–water partition coefficient (Wildman–Crippen LogP) is 2.67. The molecule has 0 saturated heterocycles. The van der Waals surface area contributed by atoms with Crippen molar-refractivity contribution < 1.29 is 21.7 Å². The third kappa shape index (κ3) is 4.04. The van der Waals surface area contributed by atoms with Crippen molar-refractivity contribution >= 4 is 17.5 Å². The van der Waals surface area contributed by atoms with Crippen molar-refractivity contribution in [2.24, 2.45) is 5.10 Å². The Kier molecular flexibility index (Phi) is 5.93. The van der Waals surface area contributed by atoms with Crippen molar-refractivity contribution in [3.63, 3.8) is 0 Å². The molecule has 0 fully saturated rings. The Balaban J connectivity index is 0.00000205. The van der Waals surface area contributed by atoms with E-state index in [2.05, 4.69) is 102 Å². The molecule has 4 aromatic rings. The molecule has 1 aliphatic heterocycles. The molecule has 0 unspecified atom stereocenters. The molecule has 1 aromatic heterocycles. The Bertz CT molecular complexity index is 1140. The Morgan fingerprint density at radius 2 is 1.17 bits per heavy atom. The summed E-state index contributed by atoms with van der Waals surface area (Å²) in [6, 6.07) is 36.0. The van der Waals surface area contributed by atoms with Crippen LogP contribution >= 0.6 is 11.8 Å². The molecule has 0 amide bonds. The third-order valence-corrected chi connectivity index (χ3v) is 5.87. The average Bonchev–Trinajstić information content (AvgIpc) is 2.80. The van der Waals surface area contributed by atoms with E-state index in [0.717, 1.165) is 17.2 Å². The Hall–Kier alpha value is -2.69. The lowest BCUT2D eigenvalue weighted by atomic mass is 10.0. The number of aromatic nitrogens is 1. The van der Waals surface area contributed by atoms with Crippen LogP contribution in [-0.2, 0) is 0 Å². The van der Waals surface area contributed by atoms with Crippen molar-refractivity contribution in [3.05, 3.63) is 109 Å². The van der Waals surface area contributed by atoms with Gasteiger partial charge in [-0.2, -0.15) is 0 Å². The maximum absolute atomic E-state index is 5.04. The number of nitrogens with zero attached hydrogens (tertiary/aromatic N) is 2. The van der Waals surface area contributed by atoms with E-state index < -0.39 is 0 Å². The van der Waals surface area contributed by atoms with E-state index in [1.54, 1.807) is 0 Å². The van der Waals surface area contributed by atoms with Gasteiger partial charge in [-0.25, -0.2) is 0 Å². The fraction of sp³-hybridized carbons (Fsp3) is 0.0400. The van der Waals surface area contributed by atoms with Gasteiger partial charge in [0.1, 0.15) is 5.71 Å². The molecule has 0 bridgehead atoms. The quantitative estimate of drug-likeness (QED) is 0.431. The van der Waals surface area contributed by atoms with Crippen molar-refractivity contribution in [1.29, 1.82) is 0 Å². The number of benzene rings is 3. The molecule has 3 aromatic carbocycles. The SMILES string of the molecule is [Br-].c1ccc(C2=N[n+]3c(cc(-c4ccccc4)cc3-c3ccccc3)SC2)cc1. The lowest BCUT2D eigenvalue weighted by Crippen LogP contribution is -3.00. The van der Waals surface area contributed by atoms with E-state index in [0.29, 0.717) is 0 Å². The van der Waals surface area contributed by atoms with Gasteiger partial charge in [0.2, 0.25) is 5.69 Å². The number of rotatable bonds is 3. The van der Waals surface area contributed by atoms with E-state index in [1.807, 2.05) is 17.8 Å². The molecule has 0 aliphatic carbocycles. The largest absolute Gasteiger partial charge is 1.00 e. The molecule has 2 heterocycles. The number of pyridine rings is 1. The van der Waals surface area contributed by atoms with E-state index in [-0.39, 0.29) is 17.0 Å². The van der Waals surface area contributed by atoms with Gasteiger partial charge in [-0.3, -0.25) is 0 Å². The van der Waals surface area contributed by atoms with Crippen LogP contribution in [0.4, 0.5) is 0 Å². The van der Waals surface area contributed by atoms with Crippen LogP contribution in [0.15, 0.2) is 113 Å². The highest BCUT2D eigenvalue weighted by atomic mass is 79.9. The predicted molar refractivity (Wildman–Crippen MR) is 117 cm³/mol. The number of hydrogen-bond donors (Lipinski definition) is 0. The first kappa shape index (κ1) is 19.6.